The first-order chi connectivity index (χ1) is 17.6. The quantitative estimate of drug-likeness (QED) is 0.243. The maximum atomic E-state index is 6.06. The fraction of sp³-hybridized carbons (Fsp3) is 0.333. The van der Waals surface area contributed by atoms with Crippen LogP contribution in [-0.2, 0) is 6.42 Å². The molecule has 0 amide bonds. The molecule has 2 aromatic heterocycles. The van der Waals surface area contributed by atoms with Gasteiger partial charge >= 0.3 is 0 Å². The minimum atomic E-state index is -0.0414. The summed E-state index contributed by atoms with van der Waals surface area (Å²) in [7, 11) is 0. The Morgan fingerprint density at radius 2 is 1.50 bits per heavy atom. The van der Waals surface area contributed by atoms with Crippen molar-refractivity contribution in [1.82, 2.24) is 20.4 Å². The molecule has 2 atom stereocenters. The van der Waals surface area contributed by atoms with Crippen molar-refractivity contribution in [3.63, 3.8) is 0 Å². The van der Waals surface area contributed by atoms with Gasteiger partial charge in [0.1, 0.15) is 0 Å². The van der Waals surface area contributed by atoms with Gasteiger partial charge in [-0.25, -0.2) is 0 Å². The van der Waals surface area contributed by atoms with Crippen LogP contribution in [0.4, 0.5) is 0 Å². The molecule has 0 saturated heterocycles. The van der Waals surface area contributed by atoms with Gasteiger partial charge in [-0.3, -0.25) is 0 Å². The topological polar surface area (TPSA) is 77.8 Å². The van der Waals surface area contributed by atoms with E-state index in [1.54, 1.807) is 0 Å². The Bertz CT molecular complexity index is 1350. The molecule has 4 aromatic rings. The number of hydrogen-bond acceptors (Lipinski definition) is 6. The Labute approximate surface area is 212 Å². The zero-order chi connectivity index (χ0) is 24.9. The molecule has 0 radical (unpaired) electrons. The fourth-order valence-electron chi connectivity index (χ4n) is 4.34. The fourth-order valence-corrected chi connectivity index (χ4v) is 4.34. The Morgan fingerprint density at radius 3 is 2.22 bits per heavy atom. The van der Waals surface area contributed by atoms with Crippen molar-refractivity contribution in [1.29, 1.82) is 0 Å². The Kier molecular flexibility index (Phi) is 7.21. The summed E-state index contributed by atoms with van der Waals surface area (Å²) in [5.41, 5.74) is 5.36. The van der Waals surface area contributed by atoms with Crippen LogP contribution in [0.1, 0.15) is 81.2 Å². The molecule has 0 bridgehead atoms. The van der Waals surface area contributed by atoms with E-state index >= 15 is 0 Å². The Balaban J connectivity index is 1.31. The molecule has 5 rings (SSSR count). The van der Waals surface area contributed by atoms with E-state index in [1.807, 2.05) is 18.2 Å². The second kappa shape index (κ2) is 10.9. The maximum Gasteiger partial charge on any atom is 0.248 e. The van der Waals surface area contributed by atoms with Crippen LogP contribution in [-0.4, -0.2) is 20.4 Å². The molecule has 6 nitrogen and oxygen atoms in total. The third-order valence-electron chi connectivity index (χ3n) is 6.86. The largest absolute Gasteiger partial charge is 0.420 e. The van der Waals surface area contributed by atoms with Crippen molar-refractivity contribution in [3.05, 3.63) is 89.7 Å². The zero-order valence-electron chi connectivity index (χ0n) is 21.1. The van der Waals surface area contributed by atoms with Gasteiger partial charge in [-0.05, 0) is 67.0 Å². The zero-order valence-corrected chi connectivity index (χ0v) is 21.1. The third kappa shape index (κ3) is 5.23. The van der Waals surface area contributed by atoms with E-state index in [0.717, 1.165) is 36.0 Å². The molecule has 36 heavy (non-hydrogen) atoms. The summed E-state index contributed by atoms with van der Waals surface area (Å²) in [5.74, 6) is 2.61. The second-order valence-electron chi connectivity index (χ2n) is 9.46. The minimum Gasteiger partial charge on any atom is -0.420 e. The first-order valence-corrected chi connectivity index (χ1v) is 12.9. The highest BCUT2D eigenvalue weighted by molar-refractivity contribution is 5.71. The molecule has 184 valence electrons. The van der Waals surface area contributed by atoms with E-state index in [2.05, 4.69) is 89.7 Å². The van der Waals surface area contributed by atoms with Gasteiger partial charge in [-0.1, -0.05) is 69.7 Å². The Hall–Kier alpha value is -3.80. The van der Waals surface area contributed by atoms with Gasteiger partial charge in [-0.2, -0.15) is 0 Å². The highest BCUT2D eigenvalue weighted by Gasteiger charge is 2.22. The van der Waals surface area contributed by atoms with Gasteiger partial charge in [0.05, 0.1) is 5.92 Å². The predicted molar refractivity (Wildman–Crippen MR) is 141 cm³/mol. The monoisotopic (exact) mass is 480 g/mol. The van der Waals surface area contributed by atoms with Gasteiger partial charge in [0.15, 0.2) is 0 Å². The number of hydrogen-bond donors (Lipinski definition) is 0. The van der Waals surface area contributed by atoms with Gasteiger partial charge in [0, 0.05) is 16.7 Å². The molecular weight excluding hydrogens is 448 g/mol. The minimum absolute atomic E-state index is 0.0414. The van der Waals surface area contributed by atoms with Crippen molar-refractivity contribution in [2.45, 2.75) is 64.7 Å². The van der Waals surface area contributed by atoms with Crippen LogP contribution in [0.15, 0.2) is 75.6 Å². The van der Waals surface area contributed by atoms with E-state index in [-0.39, 0.29) is 5.92 Å². The van der Waals surface area contributed by atoms with Crippen LogP contribution in [0.25, 0.3) is 28.5 Å². The van der Waals surface area contributed by atoms with Crippen LogP contribution in [0.2, 0.25) is 0 Å². The van der Waals surface area contributed by atoms with Gasteiger partial charge in [-0.15, -0.1) is 20.4 Å². The van der Waals surface area contributed by atoms with Crippen LogP contribution >= 0.6 is 0 Å². The maximum absolute atomic E-state index is 6.06. The lowest BCUT2D eigenvalue weighted by Crippen LogP contribution is -2.00. The van der Waals surface area contributed by atoms with Crippen molar-refractivity contribution in [2.75, 3.05) is 0 Å². The molecule has 0 spiro atoms. The summed E-state index contributed by atoms with van der Waals surface area (Å²) in [6.07, 6.45) is 11.5. The SMILES string of the molecule is CCCCc1ccc(-c2nnc(C3C=C(c4nnc(-c5ccc(C(C)CC)cc5)o4)C=CC3)o2)cc1. The van der Waals surface area contributed by atoms with Crippen molar-refractivity contribution in [2.24, 2.45) is 0 Å². The molecule has 2 unspecified atom stereocenters. The number of benzene rings is 2. The van der Waals surface area contributed by atoms with Crippen molar-refractivity contribution < 1.29 is 8.83 Å². The van der Waals surface area contributed by atoms with Crippen molar-refractivity contribution in [3.8, 4) is 22.9 Å². The highest BCUT2D eigenvalue weighted by atomic mass is 16.4. The standard InChI is InChI=1S/C30H32N4O2/c1-4-6-8-21-11-13-23(14-12-21)27-31-33-29(35-27)25-9-7-10-26(19-25)30-34-32-28(36-30)24-17-15-22(16-18-24)20(3)5-2/h7,10-20,25H,4-6,8-9H2,1-3H3. The third-order valence-corrected chi connectivity index (χ3v) is 6.86. The number of unbranched alkanes of at least 4 members (excludes halogenated alkanes) is 1. The lowest BCUT2D eigenvalue weighted by Gasteiger charge is -2.11. The van der Waals surface area contributed by atoms with Gasteiger partial charge in [0.2, 0.25) is 23.6 Å². The van der Waals surface area contributed by atoms with Crippen LogP contribution < -0.4 is 0 Å². The van der Waals surface area contributed by atoms with E-state index in [0.29, 0.717) is 29.5 Å². The summed E-state index contributed by atoms with van der Waals surface area (Å²) in [5, 5.41) is 17.2. The molecule has 1 aliphatic carbocycles. The number of allylic oxidation sites excluding steroid dienone is 4. The molecule has 2 aromatic carbocycles. The van der Waals surface area contributed by atoms with Crippen molar-refractivity contribution >= 4 is 5.57 Å². The van der Waals surface area contributed by atoms with Crippen LogP contribution in [0.3, 0.4) is 0 Å². The number of aryl methyl sites for hydroxylation is 1. The summed E-state index contributed by atoms with van der Waals surface area (Å²) >= 11 is 0. The summed E-state index contributed by atoms with van der Waals surface area (Å²) < 4.78 is 12.1. The first-order valence-electron chi connectivity index (χ1n) is 12.9. The van der Waals surface area contributed by atoms with E-state index in [1.165, 1.54) is 24.0 Å². The summed E-state index contributed by atoms with van der Waals surface area (Å²) in [6, 6.07) is 16.7. The summed E-state index contributed by atoms with van der Waals surface area (Å²) in [4.78, 5) is 0. The van der Waals surface area contributed by atoms with Crippen LogP contribution in [0.5, 0.6) is 0 Å². The Morgan fingerprint density at radius 1 is 0.833 bits per heavy atom. The molecule has 1 aliphatic rings. The van der Waals surface area contributed by atoms with Crippen LogP contribution in [0, 0.1) is 0 Å². The van der Waals surface area contributed by atoms with E-state index in [4.69, 9.17) is 8.83 Å². The number of aromatic nitrogens is 4. The molecular formula is C30H32N4O2. The molecule has 0 N–H and O–H groups in total. The smallest absolute Gasteiger partial charge is 0.248 e. The molecule has 0 fully saturated rings. The predicted octanol–water partition coefficient (Wildman–Crippen LogP) is 7.77. The molecule has 0 saturated carbocycles. The number of rotatable bonds is 9. The van der Waals surface area contributed by atoms with E-state index in [9.17, 15) is 0 Å². The average Bonchev–Trinajstić information content (AvgIpc) is 3.63. The molecule has 2 heterocycles. The normalized spacial score (nSPS) is 16.2. The molecule has 0 aliphatic heterocycles. The molecule has 6 heteroatoms. The second-order valence-corrected chi connectivity index (χ2v) is 9.46. The van der Waals surface area contributed by atoms with Gasteiger partial charge in [0.25, 0.3) is 0 Å². The lowest BCUT2D eigenvalue weighted by molar-refractivity contribution is 0.484. The number of nitrogens with zero attached hydrogens (tertiary/aromatic N) is 4. The first kappa shape index (κ1) is 23.9. The van der Waals surface area contributed by atoms with Gasteiger partial charge < -0.3 is 8.83 Å². The average molecular weight is 481 g/mol. The summed E-state index contributed by atoms with van der Waals surface area (Å²) in [6.45, 7) is 6.63. The van der Waals surface area contributed by atoms with E-state index < -0.39 is 0 Å². The lowest BCUT2D eigenvalue weighted by atomic mass is 9.96. The highest BCUT2D eigenvalue weighted by Crippen LogP contribution is 2.33.